The van der Waals surface area contributed by atoms with Gasteiger partial charge in [0.15, 0.2) is 12.3 Å². The molecule has 0 aliphatic rings. The number of hydrogen-bond donors (Lipinski definition) is 0. The molecule has 0 aliphatic carbocycles. The van der Waals surface area contributed by atoms with Gasteiger partial charge in [0.25, 0.3) is 6.20 Å². The van der Waals surface area contributed by atoms with Gasteiger partial charge in [0, 0.05) is 16.9 Å². The fraction of sp³-hybridized carbons (Fsp3) is 0.160. The molecule has 170 valence electrons. The van der Waals surface area contributed by atoms with E-state index in [0.29, 0.717) is 16.3 Å². The molecule has 2 aromatic heterocycles. The fourth-order valence-corrected chi connectivity index (χ4v) is 4.04. The van der Waals surface area contributed by atoms with Gasteiger partial charge in [0.05, 0.1) is 18.4 Å². The molecule has 0 spiro atoms. The molecular formula is C25H21N5O3S. The van der Waals surface area contributed by atoms with Crippen molar-refractivity contribution < 1.29 is 19.0 Å². The number of aromatic nitrogens is 3. The first-order valence-corrected chi connectivity index (χ1v) is 11.3. The highest BCUT2D eigenvalue weighted by atomic mass is 32.2. The second kappa shape index (κ2) is 10.2. The lowest BCUT2D eigenvalue weighted by Gasteiger charge is -2.14. The van der Waals surface area contributed by atoms with E-state index in [1.165, 1.54) is 10.9 Å². The summed E-state index contributed by atoms with van der Waals surface area (Å²) >= 11 is 1.16. The first-order valence-electron chi connectivity index (χ1n) is 10.3. The van der Waals surface area contributed by atoms with Gasteiger partial charge in [-0.05, 0) is 48.7 Å². The monoisotopic (exact) mass is 471 g/mol. The zero-order chi connectivity index (χ0) is 24.1. The van der Waals surface area contributed by atoms with E-state index < -0.39 is 5.90 Å². The van der Waals surface area contributed by atoms with Crippen molar-refractivity contribution in [2.45, 2.75) is 11.9 Å². The van der Waals surface area contributed by atoms with Crippen LogP contribution in [0.2, 0.25) is 0 Å². The molecule has 0 bridgehead atoms. The highest BCUT2D eigenvalue weighted by Gasteiger charge is 2.16. The van der Waals surface area contributed by atoms with E-state index in [-0.39, 0.29) is 11.6 Å². The van der Waals surface area contributed by atoms with Crippen LogP contribution in [0.25, 0.3) is 22.4 Å². The molecule has 8 nitrogen and oxygen atoms in total. The van der Waals surface area contributed by atoms with Gasteiger partial charge in [-0.1, -0.05) is 46.3 Å². The smallest absolute Gasteiger partial charge is 0.320 e. The van der Waals surface area contributed by atoms with Crippen LogP contribution in [0, 0.1) is 18.3 Å². The van der Waals surface area contributed by atoms with Crippen LogP contribution in [-0.2, 0) is 7.05 Å². The third-order valence-electron chi connectivity index (χ3n) is 4.97. The summed E-state index contributed by atoms with van der Waals surface area (Å²) in [6.45, 7) is 2.01. The van der Waals surface area contributed by atoms with Crippen molar-refractivity contribution in [2.75, 3.05) is 12.9 Å². The van der Waals surface area contributed by atoms with Crippen molar-refractivity contribution in [3.8, 4) is 34.2 Å². The van der Waals surface area contributed by atoms with Gasteiger partial charge in [-0.15, -0.1) is 0 Å². The van der Waals surface area contributed by atoms with Crippen LogP contribution in [-0.4, -0.2) is 29.0 Å². The summed E-state index contributed by atoms with van der Waals surface area (Å²) in [5.41, 5.74) is 4.72. The van der Waals surface area contributed by atoms with E-state index in [4.69, 9.17) is 14.2 Å². The number of hydrogen-bond acceptors (Lipinski definition) is 8. The largest absolute Gasteiger partial charge is 0.861 e. The number of methoxy groups -OCH3 is 1. The van der Waals surface area contributed by atoms with Gasteiger partial charge < -0.3 is 9.84 Å². The quantitative estimate of drug-likeness (QED) is 0.175. The average Bonchev–Trinajstić information content (AvgIpc) is 3.26. The Morgan fingerprint density at radius 1 is 1.18 bits per heavy atom. The SMILES string of the molecule is COc1ccc(-c2cc(-c3ccc(C)cc3)c(C#N)c(SC/C([O-])=N/c3c[n+](C)no3)n2)cc1. The number of aryl methyl sites for hydroxylation is 2. The van der Waals surface area contributed by atoms with Crippen molar-refractivity contribution in [3.05, 3.63) is 71.9 Å². The number of aliphatic imine (C=N–C) groups is 1. The summed E-state index contributed by atoms with van der Waals surface area (Å²) in [6, 6.07) is 19.6. The number of nitriles is 1. The number of ether oxygens (including phenoxy) is 1. The number of nitrogens with zero attached hydrogens (tertiary/aromatic N) is 5. The molecule has 0 saturated carbocycles. The van der Waals surface area contributed by atoms with Crippen LogP contribution >= 0.6 is 11.8 Å². The minimum Gasteiger partial charge on any atom is -0.861 e. The summed E-state index contributed by atoms with van der Waals surface area (Å²) in [5.74, 6) is 0.428. The summed E-state index contributed by atoms with van der Waals surface area (Å²) < 4.78 is 11.6. The molecule has 2 heterocycles. The lowest BCUT2D eigenvalue weighted by Crippen LogP contribution is -2.27. The van der Waals surface area contributed by atoms with Crippen LogP contribution in [0.3, 0.4) is 0 Å². The Morgan fingerprint density at radius 3 is 2.50 bits per heavy atom. The second-order valence-electron chi connectivity index (χ2n) is 7.45. The van der Waals surface area contributed by atoms with Crippen LogP contribution in [0.5, 0.6) is 5.75 Å². The van der Waals surface area contributed by atoms with Gasteiger partial charge in [-0.25, -0.2) is 9.98 Å². The highest BCUT2D eigenvalue weighted by Crippen LogP contribution is 2.34. The molecule has 0 atom stereocenters. The Kier molecular flexibility index (Phi) is 6.90. The van der Waals surface area contributed by atoms with Gasteiger partial charge in [-0.3, -0.25) is 4.52 Å². The molecule has 4 rings (SSSR count). The molecule has 0 radical (unpaired) electrons. The zero-order valence-electron chi connectivity index (χ0n) is 18.8. The molecule has 0 saturated heterocycles. The number of pyridine rings is 1. The molecule has 9 heteroatoms. The molecule has 4 aromatic rings. The van der Waals surface area contributed by atoms with Gasteiger partial charge in [0.2, 0.25) is 0 Å². The van der Waals surface area contributed by atoms with Crippen LogP contribution in [0.1, 0.15) is 11.1 Å². The maximum absolute atomic E-state index is 12.4. The van der Waals surface area contributed by atoms with Gasteiger partial charge in [0.1, 0.15) is 16.8 Å². The minimum absolute atomic E-state index is 0.00843. The van der Waals surface area contributed by atoms with E-state index in [9.17, 15) is 10.4 Å². The zero-order valence-corrected chi connectivity index (χ0v) is 19.7. The molecule has 0 amide bonds. The molecule has 0 unspecified atom stereocenters. The highest BCUT2D eigenvalue weighted by molar-refractivity contribution is 7.99. The van der Waals surface area contributed by atoms with Gasteiger partial charge >= 0.3 is 5.88 Å². The van der Waals surface area contributed by atoms with Crippen molar-refractivity contribution >= 4 is 23.5 Å². The summed E-state index contributed by atoms with van der Waals surface area (Å²) in [5, 5.41) is 26.5. The van der Waals surface area contributed by atoms with E-state index in [1.807, 2.05) is 61.5 Å². The maximum atomic E-state index is 12.4. The summed E-state index contributed by atoms with van der Waals surface area (Å²) in [4.78, 5) is 8.63. The number of thioether (sulfide) groups is 1. The first-order chi connectivity index (χ1) is 16.5. The lowest BCUT2D eigenvalue weighted by molar-refractivity contribution is -0.739. The Labute approximate surface area is 201 Å². The first kappa shape index (κ1) is 23.0. The minimum atomic E-state index is -0.417. The third-order valence-corrected chi connectivity index (χ3v) is 5.93. The standard InChI is InChI=1S/C25H21N5O3S/c1-16-4-6-17(7-5-16)20-12-22(18-8-10-19(32-3)11-9-18)27-25(21(20)13-26)34-15-23(31)28-24-14-30(2)29-33-24/h4-12,14H,15H2,1-3H3. The Bertz CT molecular complexity index is 1370. The lowest BCUT2D eigenvalue weighted by atomic mass is 9.98. The molecule has 0 aliphatic heterocycles. The van der Waals surface area contributed by atoms with Gasteiger partial charge in [-0.2, -0.15) is 5.26 Å². The Morgan fingerprint density at radius 2 is 1.88 bits per heavy atom. The molecule has 2 aromatic carbocycles. The van der Waals surface area contributed by atoms with Crippen molar-refractivity contribution in [1.29, 1.82) is 5.26 Å². The second-order valence-corrected chi connectivity index (χ2v) is 8.41. The van der Waals surface area contributed by atoms with Crippen LogP contribution < -0.4 is 14.5 Å². The van der Waals surface area contributed by atoms with Crippen molar-refractivity contribution in [2.24, 2.45) is 12.0 Å². The normalized spacial score (nSPS) is 11.3. The maximum Gasteiger partial charge on any atom is 0.320 e. The van der Waals surface area contributed by atoms with E-state index in [2.05, 4.69) is 16.3 Å². The van der Waals surface area contributed by atoms with E-state index in [0.717, 1.165) is 39.8 Å². The summed E-state index contributed by atoms with van der Waals surface area (Å²) in [7, 11) is 3.28. The molecule has 0 N–H and O–H groups in total. The predicted molar refractivity (Wildman–Crippen MR) is 127 cm³/mol. The molecule has 0 fully saturated rings. The number of rotatable bonds is 7. The van der Waals surface area contributed by atoms with Crippen LogP contribution in [0.15, 0.2) is 75.3 Å². The third kappa shape index (κ3) is 5.24. The Balaban J connectivity index is 1.75. The van der Waals surface area contributed by atoms with E-state index >= 15 is 0 Å². The fourth-order valence-electron chi connectivity index (χ4n) is 3.25. The van der Waals surface area contributed by atoms with E-state index in [1.54, 1.807) is 14.2 Å². The number of benzene rings is 2. The topological polar surface area (TPSA) is 111 Å². The van der Waals surface area contributed by atoms with Crippen molar-refractivity contribution in [1.82, 2.24) is 10.3 Å². The van der Waals surface area contributed by atoms with Crippen molar-refractivity contribution in [3.63, 3.8) is 0 Å². The van der Waals surface area contributed by atoms with Crippen LogP contribution in [0.4, 0.5) is 5.88 Å². The Hall–Kier alpha value is -4.16. The predicted octanol–water partition coefficient (Wildman–Crippen LogP) is 3.60. The average molecular weight is 472 g/mol. The molecular weight excluding hydrogens is 450 g/mol. The summed E-state index contributed by atoms with van der Waals surface area (Å²) in [6.07, 6.45) is 1.50. The molecule has 34 heavy (non-hydrogen) atoms.